The molecule has 0 aromatic heterocycles. The van der Waals surface area contributed by atoms with Crippen LogP contribution < -0.4 is 51.4 Å². The normalized spacial score (nSPS) is 8.28. The Morgan fingerprint density at radius 2 is 0.884 bits per heavy atom. The topological polar surface area (TPSA) is 218 Å². The molecule has 0 saturated heterocycles. The molecule has 3 rings (SSSR count). The zero-order chi connectivity index (χ0) is 29.0. The Bertz CT molecular complexity index is 1400. The Kier molecular flexibility index (Phi) is 30.5. The molecule has 3 aromatic rings. The number of carboxylic acid groups (broad SMARTS) is 1. The maximum absolute atomic E-state index is 12.1. The van der Waals surface area contributed by atoms with Crippen molar-refractivity contribution in [3.63, 3.8) is 0 Å². The van der Waals surface area contributed by atoms with Gasteiger partial charge in [0.2, 0.25) is 0 Å². The average Bonchev–Trinajstić information content (AvgIpc) is 2.95. The number of carbonyl (C=O) groups excluding carboxylic acids is 2. The van der Waals surface area contributed by atoms with Crippen LogP contribution in [0.1, 0.15) is 38.9 Å². The Labute approximate surface area is 306 Å². The molecule has 0 heterocycles. The van der Waals surface area contributed by atoms with E-state index < -0.39 is 5.97 Å². The minimum Gasteiger partial charge on any atom is -0.478 e. The summed E-state index contributed by atoms with van der Waals surface area (Å²) < 4.78 is 0. The molecule has 0 amide bonds. The molecule has 18 heteroatoms. The van der Waals surface area contributed by atoms with Gasteiger partial charge in [-0.3, -0.25) is 9.59 Å². The number of Topliss-reactive ketones (excluding diaryl/α,β-unsaturated/α-hetero) is 2. The first kappa shape index (κ1) is 47.0. The smallest absolute Gasteiger partial charge is 0.478 e. The minimum absolute atomic E-state index is 0. The number of nitrogens with zero attached hydrogens (tertiary/aromatic N) is 9. The van der Waals surface area contributed by atoms with Crippen LogP contribution in [0.3, 0.4) is 0 Å². The molecule has 0 saturated carbocycles. The number of aromatic carboxylic acids is 1. The van der Waals surface area contributed by atoms with Crippen molar-refractivity contribution >= 4 is 72.3 Å². The van der Waals surface area contributed by atoms with Gasteiger partial charge in [-0.15, -0.1) is 0 Å². The van der Waals surface area contributed by atoms with Gasteiger partial charge in [0.1, 0.15) is 0 Å². The van der Waals surface area contributed by atoms with Crippen molar-refractivity contribution in [3.8, 4) is 0 Å². The third-order valence-corrected chi connectivity index (χ3v) is 6.99. The van der Waals surface area contributed by atoms with E-state index >= 15 is 0 Å². The van der Waals surface area contributed by atoms with Gasteiger partial charge in [0.25, 0.3) is 0 Å². The summed E-state index contributed by atoms with van der Waals surface area (Å²) in [6.07, 6.45) is -0.276. The number of hydrogen-bond acceptors (Lipinski definition) is 8. The van der Waals surface area contributed by atoms with Crippen molar-refractivity contribution in [1.82, 2.24) is 0 Å². The van der Waals surface area contributed by atoms with Crippen LogP contribution in [-0.2, 0) is 23.6 Å². The third kappa shape index (κ3) is 19.1. The van der Waals surface area contributed by atoms with Gasteiger partial charge in [0.15, 0.2) is 11.6 Å². The molecular formula is C25H26KN9O4P2S2-2. The van der Waals surface area contributed by atoms with E-state index in [1.807, 2.05) is 0 Å². The van der Waals surface area contributed by atoms with Crippen LogP contribution in [0, 0.1) is 22.3 Å². The number of azide groups is 3. The first-order valence-corrected chi connectivity index (χ1v) is 14.7. The maximum atomic E-state index is 12.1. The minimum atomic E-state index is -0.998. The number of carboxylic acids is 1. The molecular weight excluding hydrogens is 656 g/mol. The van der Waals surface area contributed by atoms with Crippen LogP contribution in [0.5, 0.6) is 0 Å². The molecule has 0 aliphatic heterocycles. The van der Waals surface area contributed by atoms with Gasteiger partial charge in [-0.2, -0.15) is 0 Å². The molecule has 3 aromatic carbocycles. The molecule has 43 heavy (non-hydrogen) atoms. The van der Waals surface area contributed by atoms with E-state index in [4.69, 9.17) is 21.7 Å². The molecule has 0 radical (unpaired) electrons. The number of benzene rings is 3. The van der Waals surface area contributed by atoms with Crippen molar-refractivity contribution in [2.45, 2.75) is 6.42 Å². The van der Waals surface area contributed by atoms with Crippen molar-refractivity contribution in [1.29, 1.82) is 0 Å². The van der Waals surface area contributed by atoms with Gasteiger partial charge in [-0.05, 0) is 52.3 Å². The van der Waals surface area contributed by atoms with Crippen molar-refractivity contribution in [3.05, 3.63) is 143 Å². The number of rotatable bonds is 9. The van der Waals surface area contributed by atoms with Crippen LogP contribution in [0.4, 0.5) is 17.1 Å². The number of ketones is 2. The van der Waals surface area contributed by atoms with Crippen molar-refractivity contribution < 1.29 is 72.3 Å². The average molecular weight is 682 g/mol. The Morgan fingerprint density at radius 3 is 1.09 bits per heavy atom. The van der Waals surface area contributed by atoms with Gasteiger partial charge in [0.05, 0.1) is 12.0 Å². The summed E-state index contributed by atoms with van der Waals surface area (Å²) >= 11 is 8.82. The Balaban J connectivity index is -0.000000207. The van der Waals surface area contributed by atoms with Gasteiger partial charge < -0.3 is 27.4 Å². The second kappa shape index (κ2) is 27.9. The second-order valence-electron chi connectivity index (χ2n) is 6.70. The Morgan fingerprint density at radius 1 is 0.628 bits per heavy atom. The summed E-state index contributed by atoms with van der Waals surface area (Å²) in [6, 6.07) is 17.7. The second-order valence-corrected chi connectivity index (χ2v) is 10.9. The summed E-state index contributed by atoms with van der Waals surface area (Å²) in [4.78, 5) is 42.4. The van der Waals surface area contributed by atoms with Crippen molar-refractivity contribution in [2.24, 2.45) is 15.3 Å². The monoisotopic (exact) mass is 681 g/mol. The quantitative estimate of drug-likeness (QED) is 0.0349. The van der Waals surface area contributed by atoms with E-state index in [0.29, 0.717) is 28.2 Å². The van der Waals surface area contributed by atoms with E-state index in [9.17, 15) is 14.4 Å². The molecule has 1 N–H and O–H groups in total. The molecule has 0 spiro atoms. The van der Waals surface area contributed by atoms with E-state index in [2.05, 4.69) is 53.7 Å². The number of carbonyl (C=O) groups is 3. The zero-order valence-electron chi connectivity index (χ0n) is 23.5. The van der Waals surface area contributed by atoms with Crippen LogP contribution in [0.15, 0.2) is 88.1 Å². The van der Waals surface area contributed by atoms with Crippen molar-refractivity contribution in [2.75, 3.05) is 0 Å². The van der Waals surface area contributed by atoms with E-state index in [1.54, 1.807) is 0 Å². The maximum Gasteiger partial charge on any atom is 1.00 e. The van der Waals surface area contributed by atoms with Crippen LogP contribution in [-0.4, -0.2) is 22.6 Å². The van der Waals surface area contributed by atoms with E-state index in [1.165, 1.54) is 72.8 Å². The van der Waals surface area contributed by atoms with Crippen LogP contribution >= 0.6 is 14.1 Å². The molecule has 0 bridgehead atoms. The van der Waals surface area contributed by atoms with Gasteiger partial charge in [0, 0.05) is 58.4 Å². The summed E-state index contributed by atoms with van der Waals surface area (Å²) in [5, 5.41) is 18.6. The van der Waals surface area contributed by atoms with Crippen LogP contribution in [0.25, 0.3) is 31.3 Å². The summed E-state index contributed by atoms with van der Waals surface area (Å²) in [7, 11) is 1.74. The summed E-state index contributed by atoms with van der Waals surface area (Å²) in [5.41, 5.74) is 26.8. The standard InChI is InChI=1S/C15H10N6O2.C7H5N3O2.3CH3.K.P2S2.H2/c16-20-18-12-5-1-10(2-6-12)14(22)9-15(23)11-3-7-13(8-4-11)19-21-17;8-10-9-6-3-1-5(2-4-6)7(11)12;;;;;3-1-2-4;/h1-8H,9H2;1-4H,(H,11,12);3*1H3;;;1H/q;;3*-1;+1;;. The molecule has 0 unspecified atom stereocenters. The predicted molar refractivity (Wildman–Crippen MR) is 176 cm³/mol. The zero-order valence-corrected chi connectivity index (χ0v) is 30.1. The van der Waals surface area contributed by atoms with Crippen LogP contribution in [0.2, 0.25) is 0 Å². The third-order valence-electron chi connectivity index (χ3n) is 4.33. The number of hydrogen-bond donors (Lipinski definition) is 1. The molecule has 0 atom stereocenters. The largest absolute Gasteiger partial charge is 1.00 e. The predicted octanol–water partition coefficient (Wildman–Crippen LogP) is 7.67. The Hall–Kier alpha value is -2.92. The first-order chi connectivity index (χ1) is 18.8. The first-order valence-electron chi connectivity index (χ1n) is 10.2. The van der Waals surface area contributed by atoms with E-state index in [0.717, 1.165) is 14.1 Å². The molecule has 220 valence electrons. The fraction of sp³-hybridized carbons (Fsp3) is 0.0400. The van der Waals surface area contributed by atoms with E-state index in [-0.39, 0.29) is 98.6 Å². The molecule has 0 fully saturated rings. The van der Waals surface area contributed by atoms with Gasteiger partial charge in [-0.25, -0.2) is 4.79 Å². The molecule has 13 nitrogen and oxygen atoms in total. The molecule has 0 aliphatic carbocycles. The van der Waals surface area contributed by atoms with Gasteiger partial charge in [-0.1, -0.05) is 76.0 Å². The van der Waals surface area contributed by atoms with Gasteiger partial charge >= 0.3 is 57.4 Å². The summed E-state index contributed by atoms with van der Waals surface area (Å²) in [6.45, 7) is 0. The fourth-order valence-corrected chi connectivity index (χ4v) is 2.60. The fourth-order valence-electron chi connectivity index (χ4n) is 2.60. The SMILES string of the molecule is S=PP=S.[CH3-].[CH3-].[CH3-].[HH].[K+].[N-]=[N+]=Nc1ccc(C(=O)CC(=O)c2ccc(N=[N+]=[N-])cc2)cc1.[N-]=[N+]=Nc1ccc(C(=O)O)cc1. The summed E-state index contributed by atoms with van der Waals surface area (Å²) in [5.74, 6) is -1.66. The molecule has 0 aliphatic rings.